The van der Waals surface area contributed by atoms with E-state index in [-0.39, 0.29) is 43.5 Å². The van der Waals surface area contributed by atoms with Gasteiger partial charge < -0.3 is 19.7 Å². The smallest absolute Gasteiger partial charge is 0.407 e. The van der Waals surface area contributed by atoms with E-state index in [4.69, 9.17) is 9.47 Å². The van der Waals surface area contributed by atoms with E-state index >= 15 is 0 Å². The van der Waals surface area contributed by atoms with E-state index in [2.05, 4.69) is 10.6 Å². The first kappa shape index (κ1) is 25.2. The highest BCUT2D eigenvalue weighted by atomic mass is 16.5. The largest absolute Gasteiger partial charge is 0.489 e. The van der Waals surface area contributed by atoms with Gasteiger partial charge >= 0.3 is 6.09 Å². The van der Waals surface area contributed by atoms with Gasteiger partial charge in [-0.3, -0.25) is 19.7 Å². The number of imide groups is 1. The number of carbonyl (C=O) groups is 4. The molecule has 2 aromatic carbocycles. The van der Waals surface area contributed by atoms with Gasteiger partial charge in [-0.1, -0.05) is 24.3 Å². The van der Waals surface area contributed by atoms with Crippen LogP contribution in [0.1, 0.15) is 67.1 Å². The quantitative estimate of drug-likeness (QED) is 0.596. The van der Waals surface area contributed by atoms with Crippen molar-refractivity contribution >= 4 is 23.8 Å². The molecule has 1 atom stereocenters. The summed E-state index contributed by atoms with van der Waals surface area (Å²) in [6, 6.07) is 12.1. The van der Waals surface area contributed by atoms with Crippen molar-refractivity contribution in [1.82, 2.24) is 15.5 Å². The number of nitrogens with zero attached hydrogens (tertiary/aromatic N) is 1. The van der Waals surface area contributed by atoms with Crippen LogP contribution < -0.4 is 15.4 Å². The number of nitrogens with one attached hydrogen (secondary N) is 2. The highest BCUT2D eigenvalue weighted by Gasteiger charge is 2.39. The molecule has 4 amide bonds. The van der Waals surface area contributed by atoms with Crippen LogP contribution in [0.5, 0.6) is 5.75 Å². The van der Waals surface area contributed by atoms with Crippen LogP contribution in [0.2, 0.25) is 0 Å². The van der Waals surface area contributed by atoms with Crippen LogP contribution in [0.3, 0.4) is 0 Å². The molecule has 1 fully saturated rings. The Morgan fingerprint density at radius 3 is 2.56 bits per heavy atom. The fourth-order valence-corrected chi connectivity index (χ4v) is 4.34. The van der Waals surface area contributed by atoms with Gasteiger partial charge in [-0.15, -0.1) is 0 Å². The molecule has 0 aliphatic carbocycles. The molecule has 1 saturated heterocycles. The van der Waals surface area contributed by atoms with Crippen LogP contribution in [0.15, 0.2) is 42.5 Å². The number of carbonyl (C=O) groups excluding carboxylic acids is 4. The lowest BCUT2D eigenvalue weighted by molar-refractivity contribution is -0.132. The molecule has 0 saturated carbocycles. The lowest BCUT2D eigenvalue weighted by atomic mass is 10.1. The number of hydrogen-bond donors (Lipinski definition) is 2. The average Bonchev–Trinajstić information content (AvgIpc) is 3.04. The summed E-state index contributed by atoms with van der Waals surface area (Å²) in [5, 5.41) is 5.13. The molecule has 4 rings (SSSR count). The summed E-state index contributed by atoms with van der Waals surface area (Å²) in [6.45, 7) is 6.27. The molecule has 2 aromatic rings. The van der Waals surface area contributed by atoms with E-state index in [0.717, 1.165) is 16.7 Å². The van der Waals surface area contributed by atoms with Crippen molar-refractivity contribution in [3.63, 3.8) is 0 Å². The van der Waals surface area contributed by atoms with Gasteiger partial charge in [0.1, 0.15) is 25.0 Å². The summed E-state index contributed by atoms with van der Waals surface area (Å²) < 4.78 is 11.4. The number of alkyl carbamates (subject to hydrolysis) is 1. The number of amides is 4. The Morgan fingerprint density at radius 2 is 1.81 bits per heavy atom. The number of hydrogen-bond acceptors (Lipinski definition) is 6. The molecule has 190 valence electrons. The molecule has 9 nitrogen and oxygen atoms in total. The van der Waals surface area contributed by atoms with Crippen LogP contribution in [0.25, 0.3) is 0 Å². The molecule has 0 bridgehead atoms. The maximum atomic E-state index is 13.1. The van der Waals surface area contributed by atoms with Crippen molar-refractivity contribution in [2.45, 2.75) is 71.4 Å². The summed E-state index contributed by atoms with van der Waals surface area (Å²) in [4.78, 5) is 50.7. The fourth-order valence-electron chi connectivity index (χ4n) is 4.34. The number of ether oxygens (including phenoxy) is 2. The van der Waals surface area contributed by atoms with E-state index in [9.17, 15) is 19.2 Å². The summed E-state index contributed by atoms with van der Waals surface area (Å²) in [6.07, 6.45) is 0.779. The number of fused-ring (bicyclic) bond motifs is 1. The van der Waals surface area contributed by atoms with Crippen molar-refractivity contribution in [3.8, 4) is 5.75 Å². The van der Waals surface area contributed by atoms with Gasteiger partial charge in [0.25, 0.3) is 5.91 Å². The summed E-state index contributed by atoms with van der Waals surface area (Å²) in [5.41, 5.74) is 2.56. The zero-order valence-electron chi connectivity index (χ0n) is 20.8. The fraction of sp³-hybridized carbons (Fsp3) is 0.407. The first-order valence-electron chi connectivity index (χ1n) is 12.0. The standard InChI is InChI=1S/C27H31N3O6/c1-27(2,3)29-26(34)36-16-18-8-4-7-17(13-18)15-35-22-11-5-9-19-20(22)14-30(25(19)33)21-10-6-12-23(31)28-24(21)32/h4-5,7-9,11,13,21H,6,10,12,14-16H2,1-3H3,(H,29,34)(H,28,31,32)/t21-/m0/s1. The normalized spacial score (nSPS) is 17.8. The Morgan fingerprint density at radius 1 is 1.08 bits per heavy atom. The molecule has 0 spiro atoms. The molecule has 2 aliphatic rings. The molecular weight excluding hydrogens is 462 g/mol. The van der Waals surface area contributed by atoms with Crippen molar-refractivity contribution in [2.75, 3.05) is 0 Å². The molecule has 2 aliphatic heterocycles. The summed E-state index contributed by atoms with van der Waals surface area (Å²) >= 11 is 0. The molecule has 2 heterocycles. The third-order valence-electron chi connectivity index (χ3n) is 6.01. The highest BCUT2D eigenvalue weighted by molar-refractivity contribution is 6.04. The maximum absolute atomic E-state index is 13.1. The van der Waals surface area contributed by atoms with E-state index in [1.807, 2.05) is 45.0 Å². The highest BCUT2D eigenvalue weighted by Crippen LogP contribution is 2.34. The third-order valence-corrected chi connectivity index (χ3v) is 6.01. The first-order chi connectivity index (χ1) is 17.1. The van der Waals surface area contributed by atoms with Gasteiger partial charge in [-0.05, 0) is 62.9 Å². The van der Waals surface area contributed by atoms with E-state index in [0.29, 0.717) is 24.2 Å². The summed E-state index contributed by atoms with van der Waals surface area (Å²) in [7, 11) is 0. The maximum Gasteiger partial charge on any atom is 0.407 e. The van der Waals surface area contributed by atoms with Crippen LogP contribution in [-0.2, 0) is 34.1 Å². The van der Waals surface area contributed by atoms with Gasteiger partial charge in [-0.2, -0.15) is 0 Å². The average molecular weight is 494 g/mol. The predicted molar refractivity (Wildman–Crippen MR) is 131 cm³/mol. The van der Waals surface area contributed by atoms with E-state index < -0.39 is 18.0 Å². The van der Waals surface area contributed by atoms with Crippen LogP contribution in [-0.4, -0.2) is 40.3 Å². The van der Waals surface area contributed by atoms with E-state index in [1.54, 1.807) is 18.2 Å². The number of benzene rings is 2. The Labute approximate surface area is 210 Å². The molecule has 9 heteroatoms. The Balaban J connectivity index is 1.41. The van der Waals surface area contributed by atoms with Gasteiger partial charge in [0.2, 0.25) is 11.8 Å². The monoisotopic (exact) mass is 493 g/mol. The zero-order chi connectivity index (χ0) is 25.9. The molecule has 0 unspecified atom stereocenters. The Kier molecular flexibility index (Phi) is 7.28. The van der Waals surface area contributed by atoms with Crippen LogP contribution in [0.4, 0.5) is 4.79 Å². The molecule has 36 heavy (non-hydrogen) atoms. The topological polar surface area (TPSA) is 114 Å². The van der Waals surface area contributed by atoms with Gasteiger partial charge in [-0.25, -0.2) is 4.79 Å². The SMILES string of the molecule is CC(C)(C)NC(=O)OCc1cccc(COc2cccc3c2CN([C@H]2CCCC(=O)NC2=O)C3=O)c1. The van der Waals surface area contributed by atoms with Crippen LogP contribution >= 0.6 is 0 Å². The van der Waals surface area contributed by atoms with Crippen molar-refractivity contribution in [1.29, 1.82) is 0 Å². The van der Waals surface area contributed by atoms with Crippen molar-refractivity contribution in [3.05, 3.63) is 64.7 Å². The molecule has 2 N–H and O–H groups in total. The van der Waals surface area contributed by atoms with Gasteiger partial charge in [0.15, 0.2) is 0 Å². The second-order valence-electron chi connectivity index (χ2n) is 10.1. The predicted octanol–water partition coefficient (Wildman–Crippen LogP) is 3.44. The Hall–Kier alpha value is -3.88. The van der Waals surface area contributed by atoms with Crippen molar-refractivity contribution < 1.29 is 28.7 Å². The number of rotatable bonds is 6. The minimum absolute atomic E-state index is 0.131. The molecular formula is C27H31N3O6. The summed E-state index contributed by atoms with van der Waals surface area (Å²) in [5.74, 6) is -0.410. The van der Waals surface area contributed by atoms with Gasteiger partial charge in [0.05, 0.1) is 6.54 Å². The van der Waals surface area contributed by atoms with E-state index in [1.165, 1.54) is 4.90 Å². The second-order valence-corrected chi connectivity index (χ2v) is 10.1. The van der Waals surface area contributed by atoms with Gasteiger partial charge in [0, 0.05) is 23.1 Å². The zero-order valence-corrected chi connectivity index (χ0v) is 20.8. The lowest BCUT2D eigenvalue weighted by Crippen LogP contribution is -2.46. The second kappa shape index (κ2) is 10.4. The minimum atomic E-state index is -0.684. The Bertz CT molecular complexity index is 1190. The van der Waals surface area contributed by atoms with Crippen LogP contribution in [0, 0.1) is 0 Å². The molecule has 0 aromatic heterocycles. The molecule has 0 radical (unpaired) electrons. The lowest BCUT2D eigenvalue weighted by Gasteiger charge is -2.24. The third kappa shape index (κ3) is 6.02. The first-order valence-corrected chi connectivity index (χ1v) is 12.0. The minimum Gasteiger partial charge on any atom is -0.489 e. The van der Waals surface area contributed by atoms with Crippen molar-refractivity contribution in [2.24, 2.45) is 0 Å².